The second kappa shape index (κ2) is 14.2. The summed E-state index contributed by atoms with van der Waals surface area (Å²) in [6.45, 7) is 7.56. The Morgan fingerprint density at radius 3 is 2.24 bits per heavy atom. The maximum absolute atomic E-state index is 13.6. The van der Waals surface area contributed by atoms with Gasteiger partial charge in [0.05, 0.1) is 36.8 Å². The zero-order chi connectivity index (χ0) is 35.8. The minimum atomic E-state index is -2.88. The molecule has 0 radical (unpaired) electrons. The first-order valence-corrected chi connectivity index (χ1v) is 19.8. The molecule has 0 bridgehead atoms. The molecule has 4 atom stereocenters. The molecule has 1 aromatic heterocycles. The first-order valence-electron chi connectivity index (χ1n) is 17.9. The highest BCUT2D eigenvalue weighted by Crippen LogP contribution is 2.50. The van der Waals surface area contributed by atoms with Gasteiger partial charge < -0.3 is 14.3 Å². The van der Waals surface area contributed by atoms with Crippen molar-refractivity contribution < 1.29 is 23.9 Å². The molecule has 8 heteroatoms. The molecule has 4 aromatic rings. The molecule has 3 aliphatic rings. The van der Waals surface area contributed by atoms with E-state index in [-0.39, 0.29) is 34.6 Å². The molecule has 51 heavy (non-hydrogen) atoms. The molecule has 2 amide bonds. The van der Waals surface area contributed by atoms with Gasteiger partial charge in [-0.15, -0.1) is 0 Å². The number of phenolic OH excluding ortho intramolecular Hbond substituents is 1. The van der Waals surface area contributed by atoms with Crippen molar-refractivity contribution >= 4 is 42.2 Å². The van der Waals surface area contributed by atoms with Crippen molar-refractivity contribution in [3.8, 4) is 5.75 Å². The largest absolute Gasteiger partial charge is 0.508 e. The maximum Gasteiger partial charge on any atom is 0.261 e. The Balaban J connectivity index is 1.27. The van der Waals surface area contributed by atoms with E-state index in [2.05, 4.69) is 80.4 Å². The predicted molar refractivity (Wildman–Crippen MR) is 203 cm³/mol. The van der Waals surface area contributed by atoms with E-state index < -0.39 is 20.2 Å². The van der Waals surface area contributed by atoms with Crippen molar-refractivity contribution in [3.63, 3.8) is 0 Å². The Morgan fingerprint density at radius 2 is 1.61 bits per heavy atom. The molecule has 3 heterocycles. The number of imide groups is 1. The summed E-state index contributed by atoms with van der Waals surface area (Å²) in [4.78, 5) is 33.1. The van der Waals surface area contributed by atoms with Crippen LogP contribution in [0.1, 0.15) is 51.3 Å². The molecule has 0 unspecified atom stereocenters. The lowest BCUT2D eigenvalue weighted by Gasteiger charge is -2.44. The maximum atomic E-state index is 13.6. The van der Waals surface area contributed by atoms with Gasteiger partial charge in [-0.1, -0.05) is 99.6 Å². The van der Waals surface area contributed by atoms with Gasteiger partial charge in [-0.3, -0.25) is 19.5 Å². The summed E-state index contributed by atoms with van der Waals surface area (Å²) in [5.41, 5.74) is 4.99. The van der Waals surface area contributed by atoms with Crippen LogP contribution in [0.3, 0.4) is 0 Å². The Morgan fingerprint density at radius 1 is 0.922 bits per heavy atom. The van der Waals surface area contributed by atoms with Crippen LogP contribution in [0.15, 0.2) is 120 Å². The van der Waals surface area contributed by atoms with Gasteiger partial charge in [-0.25, -0.2) is 0 Å². The topological polar surface area (TPSA) is 89.0 Å². The summed E-state index contributed by atoms with van der Waals surface area (Å²) >= 11 is 0. The third-order valence-electron chi connectivity index (χ3n) is 11.0. The first kappa shape index (κ1) is 34.8. The van der Waals surface area contributed by atoms with E-state index in [9.17, 15) is 14.7 Å². The van der Waals surface area contributed by atoms with Crippen molar-refractivity contribution in [2.45, 2.75) is 51.2 Å². The molecule has 7 nitrogen and oxygen atoms in total. The normalized spacial score (nSPS) is 22.4. The van der Waals surface area contributed by atoms with Crippen molar-refractivity contribution in [2.24, 2.45) is 17.8 Å². The van der Waals surface area contributed by atoms with E-state index in [1.54, 1.807) is 25.4 Å². The van der Waals surface area contributed by atoms with Gasteiger partial charge in [0.15, 0.2) is 0 Å². The number of phenols is 1. The number of hydrogen-bond acceptors (Lipinski definition) is 6. The number of carbonyl (C=O) groups excluding carboxylic acids is 2. The average molecular weight is 699 g/mol. The van der Waals surface area contributed by atoms with E-state index in [0.29, 0.717) is 32.5 Å². The molecule has 0 spiro atoms. The lowest BCUT2D eigenvalue weighted by Crippen LogP contribution is -2.66. The van der Waals surface area contributed by atoms with Crippen LogP contribution in [0, 0.1) is 17.8 Å². The molecule has 3 aromatic carbocycles. The molecule has 1 aliphatic carbocycles. The molecule has 2 fully saturated rings. The van der Waals surface area contributed by atoms with Gasteiger partial charge in [0.25, 0.3) is 8.32 Å². The second-order valence-electron chi connectivity index (χ2n) is 15.0. The Bertz CT molecular complexity index is 1920. The van der Waals surface area contributed by atoms with E-state index in [0.717, 1.165) is 28.0 Å². The molecular formula is C43H46N2O5Si. The number of likely N-dealkylation sites (tertiary alicyclic amines) is 1. The van der Waals surface area contributed by atoms with Crippen LogP contribution in [0.2, 0.25) is 5.04 Å². The summed E-state index contributed by atoms with van der Waals surface area (Å²) in [6, 6.07) is 34.3. The fraction of sp³-hybridized carbons (Fsp3) is 0.326. The zero-order valence-corrected chi connectivity index (χ0v) is 30.8. The zero-order valence-electron chi connectivity index (χ0n) is 29.8. The van der Waals surface area contributed by atoms with Crippen molar-refractivity contribution in [2.75, 3.05) is 20.3 Å². The Labute approximate surface area is 301 Å². The smallest absolute Gasteiger partial charge is 0.261 e. The number of aromatic hydroxyl groups is 1. The van der Waals surface area contributed by atoms with Crippen LogP contribution in [0.4, 0.5) is 0 Å². The number of amides is 2. The van der Waals surface area contributed by atoms with Crippen LogP contribution in [0.5, 0.6) is 5.75 Å². The fourth-order valence-electron chi connectivity index (χ4n) is 8.65. The Kier molecular flexibility index (Phi) is 9.67. The van der Waals surface area contributed by atoms with Crippen LogP contribution in [0.25, 0.3) is 11.6 Å². The number of pyridine rings is 1. The monoisotopic (exact) mass is 698 g/mol. The number of rotatable bonds is 10. The van der Waals surface area contributed by atoms with E-state index in [1.165, 1.54) is 15.3 Å². The van der Waals surface area contributed by atoms with Gasteiger partial charge in [-0.05, 0) is 87.3 Å². The van der Waals surface area contributed by atoms with Gasteiger partial charge in [-0.2, -0.15) is 0 Å². The van der Waals surface area contributed by atoms with Gasteiger partial charge in [0.1, 0.15) is 5.75 Å². The molecule has 7 rings (SSSR count). The molecule has 1 N–H and O–H groups in total. The standard InChI is InChI=1S/C43H46N2O5Si/c1-43(2,3)51(33-16-7-5-8-17-33,34-18-9-6-10-19-34)50-27-31-26-35-40(42(48)45(4)41(35)47)36-28-49-38(39(31)36)22-21-30(37-20-11-12-23-44-37)24-29-14-13-15-32(46)25-29/h5-20,23-25,35-36,38,40,46H,21-22,26-28H2,1-4H3/b30-24-/t35-,36+,38-,40-/m1/s1. The Hall–Kier alpha value is -4.63. The van der Waals surface area contributed by atoms with Crippen molar-refractivity contribution in [3.05, 3.63) is 132 Å². The summed E-state index contributed by atoms with van der Waals surface area (Å²) in [5, 5.41) is 12.3. The molecule has 2 aliphatic heterocycles. The minimum absolute atomic E-state index is 0.109. The third kappa shape index (κ3) is 6.52. The molecule has 262 valence electrons. The highest BCUT2D eigenvalue weighted by Gasteiger charge is 2.57. The minimum Gasteiger partial charge on any atom is -0.508 e. The van der Waals surface area contributed by atoms with Crippen molar-refractivity contribution in [1.82, 2.24) is 9.88 Å². The fourth-order valence-corrected chi connectivity index (χ4v) is 13.2. The first-order chi connectivity index (χ1) is 24.6. The lowest BCUT2D eigenvalue weighted by molar-refractivity contribution is -0.138. The van der Waals surface area contributed by atoms with Crippen LogP contribution in [-0.2, 0) is 18.8 Å². The SMILES string of the molecule is CN1C(=O)[C@@H]2[C@@H](CC(CO[Si](c3ccccc3)(c3ccccc3)C(C)(C)C)=C3[C@@H](CC/C(=C/c4cccc(O)c4)c4ccccn4)OC[C@@H]32)C1=O. The molecular weight excluding hydrogens is 653 g/mol. The van der Waals surface area contributed by atoms with Gasteiger partial charge >= 0.3 is 0 Å². The second-order valence-corrected chi connectivity index (χ2v) is 19.3. The van der Waals surface area contributed by atoms with Crippen LogP contribution >= 0.6 is 0 Å². The number of nitrogens with zero attached hydrogens (tertiary/aromatic N) is 2. The van der Waals surface area contributed by atoms with E-state index >= 15 is 0 Å². The quantitative estimate of drug-likeness (QED) is 0.114. The average Bonchev–Trinajstić information content (AvgIpc) is 3.65. The van der Waals surface area contributed by atoms with Crippen molar-refractivity contribution in [1.29, 1.82) is 0 Å². The van der Waals surface area contributed by atoms with Gasteiger partial charge in [0.2, 0.25) is 11.8 Å². The molecule has 0 saturated carbocycles. The van der Waals surface area contributed by atoms with E-state index in [1.807, 2.05) is 42.5 Å². The number of hydrogen-bond donors (Lipinski definition) is 1. The van der Waals surface area contributed by atoms with E-state index in [4.69, 9.17) is 9.16 Å². The van der Waals surface area contributed by atoms with Crippen LogP contribution in [-0.4, -0.2) is 61.5 Å². The highest BCUT2D eigenvalue weighted by molar-refractivity contribution is 6.99. The number of ether oxygens (including phenoxy) is 1. The summed E-state index contributed by atoms with van der Waals surface area (Å²) in [7, 11) is -1.27. The number of benzene rings is 3. The predicted octanol–water partition coefficient (Wildman–Crippen LogP) is 6.63. The number of allylic oxidation sites excluding steroid dienone is 1. The highest BCUT2D eigenvalue weighted by atomic mass is 28.4. The number of aromatic nitrogens is 1. The number of carbonyl (C=O) groups is 2. The summed E-state index contributed by atoms with van der Waals surface area (Å²) < 4.78 is 14.1. The van der Waals surface area contributed by atoms with Crippen LogP contribution < -0.4 is 10.4 Å². The molecule has 2 saturated heterocycles. The van der Waals surface area contributed by atoms with Gasteiger partial charge in [0, 0.05) is 19.2 Å². The third-order valence-corrected chi connectivity index (χ3v) is 16.0. The lowest BCUT2D eigenvalue weighted by atomic mass is 9.69. The summed E-state index contributed by atoms with van der Waals surface area (Å²) in [6.07, 6.45) is 5.44. The number of fused-ring (bicyclic) bond motifs is 3. The summed E-state index contributed by atoms with van der Waals surface area (Å²) in [5.74, 6) is -1.02.